The van der Waals surface area contributed by atoms with E-state index in [1.807, 2.05) is 6.26 Å². The van der Waals surface area contributed by atoms with Crippen molar-refractivity contribution in [1.82, 2.24) is 5.32 Å². The van der Waals surface area contributed by atoms with Gasteiger partial charge in [0.1, 0.15) is 11.9 Å². The van der Waals surface area contributed by atoms with E-state index in [1.54, 1.807) is 0 Å². The number of carbonyl (C=O) groups is 2. The van der Waals surface area contributed by atoms with E-state index in [0.29, 0.717) is 5.75 Å². The third kappa shape index (κ3) is 4.40. The third-order valence-electron chi connectivity index (χ3n) is 2.41. The van der Waals surface area contributed by atoms with Gasteiger partial charge < -0.3 is 10.4 Å². The van der Waals surface area contributed by atoms with Gasteiger partial charge in [-0.05, 0) is 30.6 Å². The number of hydrogen-bond acceptors (Lipinski definition) is 3. The van der Waals surface area contributed by atoms with E-state index in [2.05, 4.69) is 5.32 Å². The molecule has 7 heteroatoms. The maximum atomic E-state index is 13.2. The predicted octanol–water partition coefficient (Wildman–Crippen LogP) is 2.42. The monoisotopic (exact) mass is 305 g/mol. The number of aliphatic carboxylic acids is 1. The van der Waals surface area contributed by atoms with E-state index in [-0.39, 0.29) is 17.0 Å². The third-order valence-corrected chi connectivity index (χ3v) is 3.44. The van der Waals surface area contributed by atoms with Crippen LogP contribution in [-0.4, -0.2) is 35.0 Å². The van der Waals surface area contributed by atoms with Gasteiger partial charge in [-0.15, -0.1) is 0 Å². The average molecular weight is 306 g/mol. The van der Waals surface area contributed by atoms with Crippen LogP contribution in [0.1, 0.15) is 16.8 Å². The summed E-state index contributed by atoms with van der Waals surface area (Å²) in [5.74, 6) is -1.95. The maximum absolute atomic E-state index is 13.2. The van der Waals surface area contributed by atoms with Gasteiger partial charge in [0.25, 0.3) is 5.91 Å². The van der Waals surface area contributed by atoms with Gasteiger partial charge in [-0.3, -0.25) is 4.79 Å². The molecular formula is C12H13ClFNO3S. The van der Waals surface area contributed by atoms with Gasteiger partial charge in [0.05, 0.1) is 10.6 Å². The van der Waals surface area contributed by atoms with Crippen LogP contribution >= 0.6 is 23.4 Å². The van der Waals surface area contributed by atoms with Crippen LogP contribution in [0.5, 0.6) is 0 Å². The molecular weight excluding hydrogens is 293 g/mol. The Balaban J connectivity index is 2.82. The Kier molecular flexibility index (Phi) is 6.11. The van der Waals surface area contributed by atoms with Crippen LogP contribution in [0.15, 0.2) is 18.2 Å². The minimum absolute atomic E-state index is 0.0722. The number of carbonyl (C=O) groups excluding carboxylic acids is 1. The molecule has 0 saturated carbocycles. The van der Waals surface area contributed by atoms with E-state index in [9.17, 15) is 14.0 Å². The van der Waals surface area contributed by atoms with Crippen molar-refractivity contribution >= 4 is 35.2 Å². The van der Waals surface area contributed by atoms with Crippen molar-refractivity contribution in [3.05, 3.63) is 34.6 Å². The van der Waals surface area contributed by atoms with Crippen molar-refractivity contribution in [2.45, 2.75) is 12.5 Å². The fourth-order valence-corrected chi connectivity index (χ4v) is 2.09. The summed E-state index contributed by atoms with van der Waals surface area (Å²) in [5.41, 5.74) is -0.0722. The van der Waals surface area contributed by atoms with Gasteiger partial charge in [-0.1, -0.05) is 17.7 Å². The fraction of sp³-hybridized carbons (Fsp3) is 0.333. The second-order valence-electron chi connectivity index (χ2n) is 3.75. The molecule has 0 radical (unpaired) electrons. The number of carboxylic acid groups (broad SMARTS) is 1. The molecule has 4 nitrogen and oxygen atoms in total. The summed E-state index contributed by atoms with van der Waals surface area (Å²) in [6, 6.07) is 2.79. The first-order chi connectivity index (χ1) is 8.97. The Bertz CT molecular complexity index is 484. The lowest BCUT2D eigenvalue weighted by atomic mass is 10.1. The maximum Gasteiger partial charge on any atom is 0.326 e. The molecule has 1 amide bonds. The number of halogens is 2. The van der Waals surface area contributed by atoms with Gasteiger partial charge in [-0.2, -0.15) is 11.8 Å². The smallest absolute Gasteiger partial charge is 0.326 e. The van der Waals surface area contributed by atoms with Crippen LogP contribution in [0.25, 0.3) is 0 Å². The van der Waals surface area contributed by atoms with E-state index < -0.39 is 23.7 Å². The molecule has 0 bridgehead atoms. The first-order valence-corrected chi connectivity index (χ1v) is 7.21. The molecule has 104 valence electrons. The molecule has 0 fully saturated rings. The van der Waals surface area contributed by atoms with E-state index >= 15 is 0 Å². The van der Waals surface area contributed by atoms with Crippen LogP contribution < -0.4 is 5.32 Å². The van der Waals surface area contributed by atoms with Crippen molar-refractivity contribution in [1.29, 1.82) is 0 Å². The topological polar surface area (TPSA) is 66.4 Å². The first-order valence-electron chi connectivity index (χ1n) is 5.44. The Morgan fingerprint density at radius 3 is 2.79 bits per heavy atom. The van der Waals surface area contributed by atoms with Crippen LogP contribution in [0.4, 0.5) is 4.39 Å². The molecule has 0 aliphatic carbocycles. The van der Waals surface area contributed by atoms with Crippen molar-refractivity contribution < 1.29 is 19.1 Å². The van der Waals surface area contributed by atoms with Gasteiger partial charge in [0, 0.05) is 0 Å². The highest BCUT2D eigenvalue weighted by atomic mass is 35.5. The molecule has 2 N–H and O–H groups in total. The summed E-state index contributed by atoms with van der Waals surface area (Å²) >= 11 is 7.14. The summed E-state index contributed by atoms with van der Waals surface area (Å²) in [6.45, 7) is 0. The van der Waals surface area contributed by atoms with Gasteiger partial charge >= 0.3 is 5.97 Å². The molecule has 0 heterocycles. The minimum Gasteiger partial charge on any atom is -0.480 e. The van der Waals surface area contributed by atoms with Gasteiger partial charge in [0.15, 0.2) is 0 Å². The average Bonchev–Trinajstić information content (AvgIpc) is 2.37. The highest BCUT2D eigenvalue weighted by Gasteiger charge is 2.22. The predicted molar refractivity (Wildman–Crippen MR) is 73.3 cm³/mol. The van der Waals surface area contributed by atoms with Crippen molar-refractivity contribution in [3.8, 4) is 0 Å². The summed E-state index contributed by atoms with van der Waals surface area (Å²) in [4.78, 5) is 22.9. The Morgan fingerprint density at radius 1 is 1.53 bits per heavy atom. The lowest BCUT2D eigenvalue weighted by molar-refractivity contribution is -0.139. The minimum atomic E-state index is -1.13. The number of carboxylic acids is 1. The SMILES string of the molecule is CSCCC(NC(=O)c1cccc(F)c1Cl)C(=O)O. The molecule has 0 saturated heterocycles. The van der Waals surface area contributed by atoms with Crippen molar-refractivity contribution in [2.24, 2.45) is 0 Å². The van der Waals surface area contributed by atoms with Crippen LogP contribution in [0.3, 0.4) is 0 Å². The number of amides is 1. The fourth-order valence-electron chi connectivity index (χ4n) is 1.41. The zero-order chi connectivity index (χ0) is 14.4. The number of thioether (sulfide) groups is 1. The molecule has 1 atom stereocenters. The van der Waals surface area contributed by atoms with Gasteiger partial charge in [0.2, 0.25) is 0 Å². The Labute approximate surface area is 119 Å². The highest BCUT2D eigenvalue weighted by molar-refractivity contribution is 7.98. The van der Waals surface area contributed by atoms with E-state index in [4.69, 9.17) is 16.7 Å². The second kappa shape index (κ2) is 7.35. The standard InChI is InChI=1S/C12H13ClFNO3S/c1-19-6-5-9(12(17)18)15-11(16)7-3-2-4-8(14)10(7)13/h2-4,9H,5-6H2,1H3,(H,15,16)(H,17,18). The van der Waals surface area contributed by atoms with Crippen molar-refractivity contribution in [2.75, 3.05) is 12.0 Å². The van der Waals surface area contributed by atoms with Crippen molar-refractivity contribution in [3.63, 3.8) is 0 Å². The number of rotatable bonds is 6. The number of hydrogen-bond donors (Lipinski definition) is 2. The first kappa shape index (κ1) is 15.8. The van der Waals surface area contributed by atoms with Gasteiger partial charge in [-0.25, -0.2) is 9.18 Å². The molecule has 0 aromatic heterocycles. The van der Waals surface area contributed by atoms with E-state index in [1.165, 1.54) is 23.9 Å². The zero-order valence-corrected chi connectivity index (χ0v) is 11.7. The van der Waals surface area contributed by atoms with Crippen LogP contribution in [-0.2, 0) is 4.79 Å². The molecule has 0 spiro atoms. The summed E-state index contributed by atoms with van der Waals surface area (Å²) < 4.78 is 13.2. The quantitative estimate of drug-likeness (QED) is 0.847. The summed E-state index contributed by atoms with van der Waals surface area (Å²) in [5, 5.41) is 11.0. The molecule has 1 rings (SSSR count). The Hall–Kier alpha value is -1.27. The summed E-state index contributed by atoms with van der Waals surface area (Å²) in [6.07, 6.45) is 2.12. The van der Waals surface area contributed by atoms with Crippen LogP contribution in [0, 0.1) is 5.82 Å². The zero-order valence-electron chi connectivity index (χ0n) is 10.2. The Morgan fingerprint density at radius 2 is 2.21 bits per heavy atom. The lowest BCUT2D eigenvalue weighted by Crippen LogP contribution is -2.41. The molecule has 1 aromatic carbocycles. The molecule has 0 aliphatic heterocycles. The van der Waals surface area contributed by atoms with E-state index in [0.717, 1.165) is 6.07 Å². The molecule has 1 unspecified atom stereocenters. The molecule has 19 heavy (non-hydrogen) atoms. The number of nitrogens with one attached hydrogen (secondary N) is 1. The second-order valence-corrected chi connectivity index (χ2v) is 5.11. The lowest BCUT2D eigenvalue weighted by Gasteiger charge is -2.14. The molecule has 0 aliphatic rings. The molecule has 1 aromatic rings. The number of benzene rings is 1. The largest absolute Gasteiger partial charge is 0.480 e. The van der Waals surface area contributed by atoms with Crippen LogP contribution in [0.2, 0.25) is 5.02 Å². The normalized spacial score (nSPS) is 11.9. The highest BCUT2D eigenvalue weighted by Crippen LogP contribution is 2.19. The summed E-state index contributed by atoms with van der Waals surface area (Å²) in [7, 11) is 0.